The molecule has 0 bridgehead atoms. The van der Waals surface area contributed by atoms with Crippen LogP contribution in [0.4, 0.5) is 11.5 Å². The molecule has 1 saturated heterocycles. The molecule has 0 aliphatic carbocycles. The quantitative estimate of drug-likeness (QED) is 0.396. The third kappa shape index (κ3) is 4.44. The van der Waals surface area contributed by atoms with Crippen molar-refractivity contribution in [3.63, 3.8) is 0 Å². The second kappa shape index (κ2) is 8.77. The normalized spacial score (nSPS) is 14.7. The fourth-order valence-electron chi connectivity index (χ4n) is 3.53. The van der Waals surface area contributed by atoms with Crippen molar-refractivity contribution < 1.29 is 14.5 Å². The van der Waals surface area contributed by atoms with Crippen molar-refractivity contribution >= 4 is 17.3 Å². The summed E-state index contributed by atoms with van der Waals surface area (Å²) in [7, 11) is 0. The van der Waals surface area contributed by atoms with Gasteiger partial charge in [-0.3, -0.25) is 14.9 Å². The van der Waals surface area contributed by atoms with E-state index in [0.29, 0.717) is 23.0 Å². The summed E-state index contributed by atoms with van der Waals surface area (Å²) < 4.78 is 5.67. The highest BCUT2D eigenvalue weighted by molar-refractivity contribution is 5.94. The Morgan fingerprint density at radius 2 is 1.93 bits per heavy atom. The van der Waals surface area contributed by atoms with Crippen LogP contribution >= 0.6 is 0 Å². The average Bonchev–Trinajstić information content (AvgIpc) is 2.69. The lowest BCUT2D eigenvalue weighted by molar-refractivity contribution is -0.385. The van der Waals surface area contributed by atoms with Crippen molar-refractivity contribution in [3.8, 4) is 11.6 Å². The number of nitrogens with zero attached hydrogens (tertiary/aromatic N) is 4. The van der Waals surface area contributed by atoms with Crippen molar-refractivity contribution in [2.75, 3.05) is 18.0 Å². The lowest BCUT2D eigenvalue weighted by Crippen LogP contribution is -2.34. The summed E-state index contributed by atoms with van der Waals surface area (Å²) in [5.41, 5.74) is 0.312. The van der Waals surface area contributed by atoms with Crippen molar-refractivity contribution in [2.45, 2.75) is 39.5 Å². The second-order valence-corrected chi connectivity index (χ2v) is 7.01. The molecule has 0 spiro atoms. The standard InChI is InChI=1S/C20H24N4O4/c1-3-4-15-9-11-23(12-10-15)19-18(24(26)27)20(22-13-21-19)28-17-7-5-16(6-8-17)14(2)25/h5-8,13,15H,3-4,9-12H2,1-2H3. The van der Waals surface area contributed by atoms with Crippen molar-refractivity contribution in [3.05, 3.63) is 46.3 Å². The largest absolute Gasteiger partial charge is 0.434 e. The lowest BCUT2D eigenvalue weighted by atomic mass is 9.92. The zero-order valence-electron chi connectivity index (χ0n) is 16.1. The van der Waals surface area contributed by atoms with E-state index in [1.54, 1.807) is 24.3 Å². The number of hydrogen-bond donors (Lipinski definition) is 0. The van der Waals surface area contributed by atoms with Crippen LogP contribution in [0.15, 0.2) is 30.6 Å². The molecule has 0 unspecified atom stereocenters. The van der Waals surface area contributed by atoms with Gasteiger partial charge in [0.05, 0.1) is 4.92 Å². The van der Waals surface area contributed by atoms with Crippen molar-refractivity contribution in [2.24, 2.45) is 5.92 Å². The SMILES string of the molecule is CCCC1CCN(c2ncnc(Oc3ccc(C(C)=O)cc3)c2[N+](=O)[O-])CC1. The Bertz CT molecular complexity index is 846. The van der Waals surface area contributed by atoms with Gasteiger partial charge in [-0.25, -0.2) is 4.98 Å². The number of piperidine rings is 1. The highest BCUT2D eigenvalue weighted by Gasteiger charge is 2.31. The predicted molar refractivity (Wildman–Crippen MR) is 105 cm³/mol. The molecule has 0 amide bonds. The zero-order valence-corrected chi connectivity index (χ0v) is 16.1. The van der Waals surface area contributed by atoms with E-state index >= 15 is 0 Å². The van der Waals surface area contributed by atoms with Crippen LogP contribution < -0.4 is 9.64 Å². The Morgan fingerprint density at radius 3 is 2.50 bits per heavy atom. The fraction of sp³-hybridized carbons (Fsp3) is 0.450. The molecule has 3 rings (SSSR count). The number of ether oxygens (including phenoxy) is 1. The van der Waals surface area contributed by atoms with Gasteiger partial charge in [0.2, 0.25) is 5.82 Å². The number of benzene rings is 1. The highest BCUT2D eigenvalue weighted by Crippen LogP contribution is 2.37. The zero-order chi connectivity index (χ0) is 20.1. The van der Waals surface area contributed by atoms with Crippen LogP contribution in [0, 0.1) is 16.0 Å². The molecular formula is C20H24N4O4. The van der Waals surface area contributed by atoms with Gasteiger partial charge in [-0.2, -0.15) is 4.98 Å². The molecule has 0 atom stereocenters. The fourth-order valence-corrected chi connectivity index (χ4v) is 3.53. The molecular weight excluding hydrogens is 360 g/mol. The molecule has 1 aliphatic heterocycles. The molecule has 148 valence electrons. The van der Waals surface area contributed by atoms with Gasteiger partial charge in [0, 0.05) is 18.7 Å². The van der Waals surface area contributed by atoms with Crippen LogP contribution in [-0.2, 0) is 0 Å². The molecule has 8 heteroatoms. The van der Waals surface area contributed by atoms with Gasteiger partial charge in [-0.15, -0.1) is 0 Å². The number of hydrogen-bond acceptors (Lipinski definition) is 7. The van der Waals surface area contributed by atoms with E-state index in [1.807, 2.05) is 4.90 Å². The minimum Gasteiger partial charge on any atom is -0.434 e. The Kier molecular flexibility index (Phi) is 6.18. The van der Waals surface area contributed by atoms with E-state index in [4.69, 9.17) is 4.74 Å². The Hall–Kier alpha value is -3.03. The Labute approximate surface area is 163 Å². The number of ketones is 1. The van der Waals surface area contributed by atoms with Crippen LogP contribution in [-0.4, -0.2) is 33.8 Å². The monoisotopic (exact) mass is 384 g/mol. The van der Waals surface area contributed by atoms with E-state index in [1.165, 1.54) is 19.7 Å². The average molecular weight is 384 g/mol. The van der Waals surface area contributed by atoms with E-state index in [0.717, 1.165) is 32.4 Å². The van der Waals surface area contributed by atoms with Gasteiger partial charge in [-0.05, 0) is 49.9 Å². The van der Waals surface area contributed by atoms with Crippen LogP contribution in [0.3, 0.4) is 0 Å². The smallest absolute Gasteiger partial charge is 0.373 e. The molecule has 1 fully saturated rings. The summed E-state index contributed by atoms with van der Waals surface area (Å²) in [5.74, 6) is 1.18. The van der Waals surface area contributed by atoms with Gasteiger partial charge in [-0.1, -0.05) is 19.8 Å². The van der Waals surface area contributed by atoms with Gasteiger partial charge in [0.15, 0.2) is 5.78 Å². The van der Waals surface area contributed by atoms with Gasteiger partial charge >= 0.3 is 11.6 Å². The number of Topliss-reactive ketones (excluding diaryl/α,β-unsaturated/α-hetero) is 1. The first-order chi connectivity index (χ1) is 13.5. The predicted octanol–water partition coefficient (Wildman–Crippen LogP) is 4.40. The Morgan fingerprint density at radius 1 is 1.25 bits per heavy atom. The van der Waals surface area contributed by atoms with Gasteiger partial charge in [0.25, 0.3) is 0 Å². The van der Waals surface area contributed by atoms with E-state index in [2.05, 4.69) is 16.9 Å². The number of aromatic nitrogens is 2. The van der Waals surface area contributed by atoms with E-state index in [-0.39, 0.29) is 17.4 Å². The summed E-state index contributed by atoms with van der Waals surface area (Å²) in [6, 6.07) is 6.42. The van der Waals surface area contributed by atoms with E-state index in [9.17, 15) is 14.9 Å². The maximum absolute atomic E-state index is 11.8. The summed E-state index contributed by atoms with van der Waals surface area (Å²) in [6.07, 6.45) is 5.62. The lowest BCUT2D eigenvalue weighted by Gasteiger charge is -2.32. The number of carbonyl (C=O) groups excluding carboxylic acids is 1. The van der Waals surface area contributed by atoms with Crippen LogP contribution in [0.1, 0.15) is 49.9 Å². The molecule has 2 heterocycles. The van der Waals surface area contributed by atoms with Crippen LogP contribution in [0.2, 0.25) is 0 Å². The van der Waals surface area contributed by atoms with Gasteiger partial charge < -0.3 is 9.64 Å². The molecule has 8 nitrogen and oxygen atoms in total. The first kappa shape index (κ1) is 19.7. The molecule has 0 N–H and O–H groups in total. The maximum Gasteiger partial charge on any atom is 0.373 e. The molecule has 1 aromatic heterocycles. The topological polar surface area (TPSA) is 98.5 Å². The number of anilines is 1. The van der Waals surface area contributed by atoms with Crippen LogP contribution in [0.5, 0.6) is 11.6 Å². The molecule has 1 aliphatic rings. The number of nitro groups is 1. The van der Waals surface area contributed by atoms with Crippen molar-refractivity contribution in [1.29, 1.82) is 0 Å². The van der Waals surface area contributed by atoms with Gasteiger partial charge in [0.1, 0.15) is 12.1 Å². The number of rotatable bonds is 7. The first-order valence-electron chi connectivity index (χ1n) is 9.52. The molecule has 0 saturated carbocycles. The second-order valence-electron chi connectivity index (χ2n) is 7.01. The van der Waals surface area contributed by atoms with Crippen molar-refractivity contribution in [1.82, 2.24) is 9.97 Å². The molecule has 2 aromatic rings. The summed E-state index contributed by atoms with van der Waals surface area (Å²) in [5, 5.41) is 11.8. The number of carbonyl (C=O) groups is 1. The molecule has 28 heavy (non-hydrogen) atoms. The molecule has 0 radical (unpaired) electrons. The summed E-state index contributed by atoms with van der Waals surface area (Å²) >= 11 is 0. The minimum atomic E-state index is -0.493. The third-order valence-electron chi connectivity index (χ3n) is 5.04. The summed E-state index contributed by atoms with van der Waals surface area (Å²) in [4.78, 5) is 32.8. The highest BCUT2D eigenvalue weighted by atomic mass is 16.6. The van der Waals surface area contributed by atoms with Crippen LogP contribution in [0.25, 0.3) is 0 Å². The third-order valence-corrected chi connectivity index (χ3v) is 5.04. The first-order valence-corrected chi connectivity index (χ1v) is 9.52. The minimum absolute atomic E-state index is 0.0617. The Balaban J connectivity index is 1.84. The molecule has 1 aromatic carbocycles. The maximum atomic E-state index is 11.8. The van der Waals surface area contributed by atoms with E-state index < -0.39 is 4.92 Å². The summed E-state index contributed by atoms with van der Waals surface area (Å²) in [6.45, 7) is 5.11.